The highest BCUT2D eigenvalue weighted by molar-refractivity contribution is 6.31. The lowest BCUT2D eigenvalue weighted by molar-refractivity contribution is 0.102. The van der Waals surface area contributed by atoms with Crippen LogP contribution in [0.3, 0.4) is 0 Å². The van der Waals surface area contributed by atoms with E-state index in [9.17, 15) is 4.79 Å². The molecule has 0 aliphatic carbocycles. The second-order valence-corrected chi connectivity index (χ2v) is 7.08. The second-order valence-electron chi connectivity index (χ2n) is 6.64. The molecule has 2 heterocycles. The van der Waals surface area contributed by atoms with Crippen molar-refractivity contribution in [1.82, 2.24) is 4.98 Å². The van der Waals surface area contributed by atoms with Gasteiger partial charge in [-0.3, -0.25) is 4.79 Å². The summed E-state index contributed by atoms with van der Waals surface area (Å²) in [7, 11) is 1.54. The van der Waals surface area contributed by atoms with Gasteiger partial charge in [-0.25, -0.2) is 4.98 Å². The molecule has 0 saturated heterocycles. The number of halogens is 1. The molecule has 0 unspecified atom stereocenters. The SMILES string of the molecule is COc1ccc(Cl)cc1NC(=O)c1ccc(N2CCc3ccccc3C2)cn1. The van der Waals surface area contributed by atoms with Crippen molar-refractivity contribution in [3.8, 4) is 5.75 Å². The van der Waals surface area contributed by atoms with Crippen LogP contribution in [0.2, 0.25) is 5.02 Å². The van der Waals surface area contributed by atoms with Crippen LogP contribution in [0.1, 0.15) is 21.6 Å². The number of nitrogens with one attached hydrogen (secondary N) is 1. The van der Waals surface area contributed by atoms with Crippen molar-refractivity contribution in [2.24, 2.45) is 0 Å². The van der Waals surface area contributed by atoms with Gasteiger partial charge in [0.1, 0.15) is 11.4 Å². The van der Waals surface area contributed by atoms with E-state index < -0.39 is 0 Å². The fourth-order valence-corrected chi connectivity index (χ4v) is 3.56. The Balaban J connectivity index is 1.48. The quantitative estimate of drug-likeness (QED) is 0.706. The average Bonchev–Trinajstić information content (AvgIpc) is 2.73. The van der Waals surface area contributed by atoms with Crippen LogP contribution in [-0.2, 0) is 13.0 Å². The summed E-state index contributed by atoms with van der Waals surface area (Å²) in [6, 6.07) is 17.2. The Bertz CT molecular complexity index is 1000. The number of pyridine rings is 1. The van der Waals surface area contributed by atoms with Gasteiger partial charge in [0.05, 0.1) is 24.7 Å². The van der Waals surface area contributed by atoms with E-state index in [0.29, 0.717) is 22.2 Å². The number of rotatable bonds is 4. The number of benzene rings is 2. The van der Waals surface area contributed by atoms with Crippen LogP contribution in [0.25, 0.3) is 0 Å². The molecule has 142 valence electrons. The van der Waals surface area contributed by atoms with Gasteiger partial charge < -0.3 is 15.0 Å². The van der Waals surface area contributed by atoms with Gasteiger partial charge in [0.25, 0.3) is 5.91 Å². The first kappa shape index (κ1) is 18.3. The highest BCUT2D eigenvalue weighted by Gasteiger charge is 2.17. The van der Waals surface area contributed by atoms with Crippen molar-refractivity contribution < 1.29 is 9.53 Å². The van der Waals surface area contributed by atoms with E-state index in [1.807, 2.05) is 6.07 Å². The average molecular weight is 394 g/mol. The fraction of sp³-hybridized carbons (Fsp3) is 0.182. The maximum atomic E-state index is 12.6. The molecule has 4 rings (SSSR count). The molecule has 0 radical (unpaired) electrons. The van der Waals surface area contributed by atoms with Crippen molar-refractivity contribution in [3.63, 3.8) is 0 Å². The molecule has 28 heavy (non-hydrogen) atoms. The van der Waals surface area contributed by atoms with Crippen molar-refractivity contribution in [2.75, 3.05) is 23.9 Å². The minimum Gasteiger partial charge on any atom is -0.495 e. The molecule has 0 bridgehead atoms. The van der Waals surface area contributed by atoms with Crippen LogP contribution >= 0.6 is 11.6 Å². The molecule has 5 nitrogen and oxygen atoms in total. The fourth-order valence-electron chi connectivity index (χ4n) is 3.39. The standard InChI is InChI=1S/C22H20ClN3O2/c1-28-21-9-6-17(23)12-20(21)25-22(27)19-8-7-18(13-24-19)26-11-10-15-4-2-3-5-16(15)14-26/h2-9,12-13H,10-11,14H2,1H3,(H,25,27). The number of methoxy groups -OCH3 is 1. The van der Waals surface area contributed by atoms with Gasteiger partial charge in [-0.05, 0) is 47.9 Å². The zero-order valence-electron chi connectivity index (χ0n) is 15.5. The van der Waals surface area contributed by atoms with Gasteiger partial charge in [-0.1, -0.05) is 35.9 Å². The lowest BCUT2D eigenvalue weighted by Crippen LogP contribution is -2.30. The number of fused-ring (bicyclic) bond motifs is 1. The number of amides is 1. The molecule has 3 aromatic rings. The molecule has 1 aliphatic rings. The second kappa shape index (κ2) is 7.90. The van der Waals surface area contributed by atoms with E-state index in [4.69, 9.17) is 16.3 Å². The van der Waals surface area contributed by atoms with E-state index in [0.717, 1.165) is 25.2 Å². The van der Waals surface area contributed by atoms with E-state index >= 15 is 0 Å². The molecule has 0 fully saturated rings. The van der Waals surface area contributed by atoms with Crippen LogP contribution in [-0.4, -0.2) is 24.5 Å². The van der Waals surface area contributed by atoms with Gasteiger partial charge >= 0.3 is 0 Å². The molecule has 1 aromatic heterocycles. The van der Waals surface area contributed by atoms with Gasteiger partial charge in [0.2, 0.25) is 0 Å². The number of carbonyl (C=O) groups is 1. The highest BCUT2D eigenvalue weighted by atomic mass is 35.5. The van der Waals surface area contributed by atoms with Gasteiger partial charge in [0, 0.05) is 18.1 Å². The maximum Gasteiger partial charge on any atom is 0.274 e. The molecule has 6 heteroatoms. The van der Waals surface area contributed by atoms with Crippen molar-refractivity contribution in [3.05, 3.63) is 82.6 Å². The number of nitrogens with zero attached hydrogens (tertiary/aromatic N) is 2. The largest absolute Gasteiger partial charge is 0.495 e. The van der Waals surface area contributed by atoms with Gasteiger partial charge in [-0.2, -0.15) is 0 Å². The number of hydrogen-bond donors (Lipinski definition) is 1. The van der Waals surface area contributed by atoms with Crippen LogP contribution in [0.5, 0.6) is 5.75 Å². The predicted molar refractivity (Wildman–Crippen MR) is 111 cm³/mol. The molecule has 1 amide bonds. The third kappa shape index (κ3) is 3.80. The minimum atomic E-state index is -0.309. The first-order valence-electron chi connectivity index (χ1n) is 9.07. The number of hydrogen-bond acceptors (Lipinski definition) is 4. The van der Waals surface area contributed by atoms with Gasteiger partial charge in [0.15, 0.2) is 0 Å². The number of aromatic nitrogens is 1. The lowest BCUT2D eigenvalue weighted by atomic mass is 10.00. The zero-order chi connectivity index (χ0) is 19.5. The van der Waals surface area contributed by atoms with Gasteiger partial charge in [-0.15, -0.1) is 0 Å². The van der Waals surface area contributed by atoms with Crippen LogP contribution in [0, 0.1) is 0 Å². The third-order valence-electron chi connectivity index (χ3n) is 4.89. The summed E-state index contributed by atoms with van der Waals surface area (Å²) in [5, 5.41) is 3.32. The van der Waals surface area contributed by atoms with Crippen LogP contribution < -0.4 is 15.0 Å². The Morgan fingerprint density at radius 2 is 1.96 bits per heavy atom. The summed E-state index contributed by atoms with van der Waals surface area (Å²) in [5.74, 6) is 0.234. The predicted octanol–water partition coefficient (Wildman–Crippen LogP) is 4.56. The molecule has 0 saturated carbocycles. The van der Waals surface area contributed by atoms with E-state index in [2.05, 4.69) is 39.5 Å². The summed E-state index contributed by atoms with van der Waals surface area (Å²) >= 11 is 6.02. The number of anilines is 2. The first-order chi connectivity index (χ1) is 13.6. The molecular weight excluding hydrogens is 374 g/mol. The third-order valence-corrected chi connectivity index (χ3v) is 5.12. The van der Waals surface area contributed by atoms with Crippen molar-refractivity contribution >= 4 is 28.9 Å². The molecule has 1 N–H and O–H groups in total. The molecule has 2 aromatic carbocycles. The monoisotopic (exact) mass is 393 g/mol. The highest BCUT2D eigenvalue weighted by Crippen LogP contribution is 2.28. The van der Waals surface area contributed by atoms with Crippen LogP contribution in [0.15, 0.2) is 60.8 Å². The first-order valence-corrected chi connectivity index (χ1v) is 9.44. The van der Waals surface area contributed by atoms with E-state index in [1.54, 1.807) is 37.6 Å². The summed E-state index contributed by atoms with van der Waals surface area (Å²) in [5.41, 5.74) is 4.59. The number of carbonyl (C=O) groups excluding carboxylic acids is 1. The Kier molecular flexibility index (Phi) is 5.17. The zero-order valence-corrected chi connectivity index (χ0v) is 16.2. The smallest absolute Gasteiger partial charge is 0.274 e. The van der Waals surface area contributed by atoms with E-state index in [1.165, 1.54) is 11.1 Å². The maximum absolute atomic E-state index is 12.6. The lowest BCUT2D eigenvalue weighted by Gasteiger charge is -2.30. The van der Waals surface area contributed by atoms with Crippen molar-refractivity contribution in [2.45, 2.75) is 13.0 Å². The van der Waals surface area contributed by atoms with Crippen LogP contribution in [0.4, 0.5) is 11.4 Å². The van der Waals surface area contributed by atoms with Crippen molar-refractivity contribution in [1.29, 1.82) is 0 Å². The number of ether oxygens (including phenoxy) is 1. The summed E-state index contributed by atoms with van der Waals surface area (Å²) in [4.78, 5) is 19.2. The topological polar surface area (TPSA) is 54.5 Å². The summed E-state index contributed by atoms with van der Waals surface area (Å²) in [6.07, 6.45) is 2.75. The van der Waals surface area contributed by atoms with E-state index in [-0.39, 0.29) is 5.91 Å². The Morgan fingerprint density at radius 3 is 2.71 bits per heavy atom. The normalized spacial score (nSPS) is 13.0. The Hall–Kier alpha value is -3.05. The minimum absolute atomic E-state index is 0.309. The molecule has 1 aliphatic heterocycles. The Labute approximate surface area is 168 Å². The molecule has 0 spiro atoms. The Morgan fingerprint density at radius 1 is 1.14 bits per heavy atom. The summed E-state index contributed by atoms with van der Waals surface area (Å²) < 4.78 is 5.26. The molecule has 0 atom stereocenters. The summed E-state index contributed by atoms with van der Waals surface area (Å²) in [6.45, 7) is 1.78. The molecular formula is C22H20ClN3O2.